The fraction of sp³-hybridized carbons (Fsp3) is 0.700. The van der Waals surface area contributed by atoms with Crippen LogP contribution in [0.15, 0.2) is 24.3 Å². The Morgan fingerprint density at radius 2 is 2.08 bits per heavy atom. The number of carbonyl (C=O) groups excluding carboxylic acids is 1. The van der Waals surface area contributed by atoms with Gasteiger partial charge in [0.05, 0.1) is 6.10 Å². The van der Waals surface area contributed by atoms with Crippen molar-refractivity contribution < 1.29 is 19.8 Å². The van der Waals surface area contributed by atoms with Gasteiger partial charge in [0.2, 0.25) is 0 Å². The molecule has 4 nitrogen and oxygen atoms in total. The van der Waals surface area contributed by atoms with Gasteiger partial charge in [-0.3, -0.25) is 9.59 Å². The summed E-state index contributed by atoms with van der Waals surface area (Å²) in [4.78, 5) is 22.5. The van der Waals surface area contributed by atoms with Crippen molar-refractivity contribution in [3.05, 3.63) is 24.3 Å². The van der Waals surface area contributed by atoms with E-state index in [1.54, 1.807) is 0 Å². The van der Waals surface area contributed by atoms with Crippen molar-refractivity contribution in [3.8, 4) is 0 Å². The molecule has 1 aliphatic rings. The first-order chi connectivity index (χ1) is 11.5. The molecule has 4 heteroatoms. The Labute approximate surface area is 145 Å². The minimum Gasteiger partial charge on any atom is -0.481 e. The molecule has 0 saturated heterocycles. The van der Waals surface area contributed by atoms with E-state index in [-0.39, 0.29) is 18.3 Å². The van der Waals surface area contributed by atoms with Gasteiger partial charge in [0, 0.05) is 18.8 Å². The monoisotopic (exact) mass is 336 g/mol. The van der Waals surface area contributed by atoms with Crippen LogP contribution in [0.1, 0.15) is 71.1 Å². The van der Waals surface area contributed by atoms with Crippen LogP contribution in [0.4, 0.5) is 0 Å². The summed E-state index contributed by atoms with van der Waals surface area (Å²) in [7, 11) is 0. The third-order valence-electron chi connectivity index (χ3n) is 4.66. The van der Waals surface area contributed by atoms with Gasteiger partial charge in [-0.05, 0) is 38.0 Å². The number of aliphatic hydroxyl groups excluding tert-OH is 1. The fourth-order valence-electron chi connectivity index (χ4n) is 3.17. The smallest absolute Gasteiger partial charge is 0.303 e. The molecule has 1 saturated carbocycles. The van der Waals surface area contributed by atoms with E-state index in [4.69, 9.17) is 5.11 Å². The highest BCUT2D eigenvalue weighted by Crippen LogP contribution is 2.33. The predicted octanol–water partition coefficient (Wildman–Crippen LogP) is 4.28. The maximum atomic E-state index is 12.0. The molecule has 0 spiro atoms. The van der Waals surface area contributed by atoms with Crippen LogP contribution < -0.4 is 0 Å². The van der Waals surface area contributed by atoms with Crippen LogP contribution in [0.3, 0.4) is 0 Å². The van der Waals surface area contributed by atoms with Crippen LogP contribution in [0.25, 0.3) is 0 Å². The van der Waals surface area contributed by atoms with Gasteiger partial charge in [-0.2, -0.15) is 0 Å². The molecule has 1 aliphatic carbocycles. The lowest BCUT2D eigenvalue weighted by molar-refractivity contribution is -0.137. The number of allylic oxidation sites excluding steroid dienone is 3. The SMILES string of the molecule is CCCCC[C@@H](O)/C=C/[C@H]1CCC(=O)[C@H]1C/C=C\CCCC(=O)O. The summed E-state index contributed by atoms with van der Waals surface area (Å²) in [5, 5.41) is 18.6. The number of unbranched alkanes of at least 4 members (excludes halogenated alkanes) is 3. The van der Waals surface area contributed by atoms with Crippen LogP contribution in [0.5, 0.6) is 0 Å². The highest BCUT2D eigenvalue weighted by Gasteiger charge is 2.31. The normalized spacial score (nSPS) is 22.7. The molecule has 0 amide bonds. The van der Waals surface area contributed by atoms with E-state index < -0.39 is 12.1 Å². The van der Waals surface area contributed by atoms with Gasteiger partial charge in [-0.15, -0.1) is 0 Å². The second kappa shape index (κ2) is 12.0. The first kappa shape index (κ1) is 20.6. The summed E-state index contributed by atoms with van der Waals surface area (Å²) in [6.07, 6.45) is 15.4. The molecule has 136 valence electrons. The largest absolute Gasteiger partial charge is 0.481 e. The van der Waals surface area contributed by atoms with E-state index in [0.29, 0.717) is 25.0 Å². The third-order valence-corrected chi connectivity index (χ3v) is 4.66. The number of hydrogen-bond donors (Lipinski definition) is 2. The number of hydrogen-bond acceptors (Lipinski definition) is 3. The zero-order chi connectivity index (χ0) is 17.8. The van der Waals surface area contributed by atoms with Gasteiger partial charge >= 0.3 is 5.97 Å². The molecule has 24 heavy (non-hydrogen) atoms. The molecule has 0 radical (unpaired) electrons. The molecule has 0 aromatic carbocycles. The summed E-state index contributed by atoms with van der Waals surface area (Å²) in [6.45, 7) is 2.14. The molecule has 0 bridgehead atoms. The van der Waals surface area contributed by atoms with Crippen molar-refractivity contribution in [3.63, 3.8) is 0 Å². The van der Waals surface area contributed by atoms with E-state index in [0.717, 1.165) is 38.5 Å². The van der Waals surface area contributed by atoms with E-state index in [1.165, 1.54) is 0 Å². The third kappa shape index (κ3) is 8.44. The molecule has 0 heterocycles. The quantitative estimate of drug-likeness (QED) is 0.412. The van der Waals surface area contributed by atoms with Gasteiger partial charge in [0.25, 0.3) is 0 Å². The van der Waals surface area contributed by atoms with Crippen LogP contribution in [-0.2, 0) is 9.59 Å². The topological polar surface area (TPSA) is 74.6 Å². The number of ketones is 1. The molecule has 0 unspecified atom stereocenters. The Morgan fingerprint density at radius 3 is 2.79 bits per heavy atom. The summed E-state index contributed by atoms with van der Waals surface area (Å²) >= 11 is 0. The molecule has 0 aromatic heterocycles. The summed E-state index contributed by atoms with van der Waals surface area (Å²) < 4.78 is 0. The van der Waals surface area contributed by atoms with Crippen molar-refractivity contribution in [1.82, 2.24) is 0 Å². The van der Waals surface area contributed by atoms with Crippen molar-refractivity contribution in [1.29, 1.82) is 0 Å². The fourth-order valence-corrected chi connectivity index (χ4v) is 3.17. The van der Waals surface area contributed by atoms with Gasteiger partial charge in [0.15, 0.2) is 0 Å². The Morgan fingerprint density at radius 1 is 1.29 bits per heavy atom. The van der Waals surface area contributed by atoms with Crippen molar-refractivity contribution in [2.24, 2.45) is 11.8 Å². The molecule has 1 fully saturated rings. The second-order valence-electron chi connectivity index (χ2n) is 6.72. The summed E-state index contributed by atoms with van der Waals surface area (Å²) in [6, 6.07) is 0. The van der Waals surface area contributed by atoms with Gasteiger partial charge in [-0.1, -0.05) is 50.5 Å². The van der Waals surface area contributed by atoms with Crippen LogP contribution in [0, 0.1) is 11.8 Å². The van der Waals surface area contributed by atoms with Crippen LogP contribution >= 0.6 is 0 Å². The zero-order valence-corrected chi connectivity index (χ0v) is 14.8. The minimum atomic E-state index is -0.767. The van der Waals surface area contributed by atoms with E-state index in [2.05, 4.69) is 6.92 Å². The number of carboxylic acids is 1. The van der Waals surface area contributed by atoms with Crippen LogP contribution in [-0.4, -0.2) is 28.1 Å². The molecular formula is C20H32O4. The zero-order valence-electron chi connectivity index (χ0n) is 14.8. The van der Waals surface area contributed by atoms with E-state index in [1.807, 2.05) is 24.3 Å². The number of rotatable bonds is 12. The molecule has 0 aliphatic heterocycles. The number of aliphatic carboxylic acids is 1. The highest BCUT2D eigenvalue weighted by atomic mass is 16.4. The lowest BCUT2D eigenvalue weighted by Gasteiger charge is -2.13. The van der Waals surface area contributed by atoms with E-state index >= 15 is 0 Å². The van der Waals surface area contributed by atoms with Crippen LogP contribution in [0.2, 0.25) is 0 Å². The molecule has 3 atom stereocenters. The lowest BCUT2D eigenvalue weighted by Crippen LogP contribution is -2.13. The Balaban J connectivity index is 2.37. The molecule has 0 aromatic rings. The molecule has 2 N–H and O–H groups in total. The number of carboxylic acid groups (broad SMARTS) is 1. The van der Waals surface area contributed by atoms with E-state index in [9.17, 15) is 14.7 Å². The van der Waals surface area contributed by atoms with Gasteiger partial charge in [0.1, 0.15) is 5.78 Å². The number of carbonyl (C=O) groups is 2. The van der Waals surface area contributed by atoms with Crippen molar-refractivity contribution in [2.75, 3.05) is 0 Å². The van der Waals surface area contributed by atoms with Gasteiger partial charge < -0.3 is 10.2 Å². The van der Waals surface area contributed by atoms with Crippen molar-refractivity contribution in [2.45, 2.75) is 77.2 Å². The first-order valence-electron chi connectivity index (χ1n) is 9.30. The summed E-state index contributed by atoms with van der Waals surface area (Å²) in [5.74, 6) is -0.223. The standard InChI is InChI=1S/C20H32O4/c1-2-3-6-9-17(21)14-12-16-13-15-19(22)18(16)10-7-4-5-8-11-20(23)24/h4,7,12,14,16-18,21H,2-3,5-6,8-11,13,15H2,1H3,(H,23,24)/b7-4-,14-12+/t16-,17+,18-/m0/s1. The summed E-state index contributed by atoms with van der Waals surface area (Å²) in [5.41, 5.74) is 0. The van der Waals surface area contributed by atoms with Gasteiger partial charge in [-0.25, -0.2) is 0 Å². The average molecular weight is 336 g/mol. The number of Topliss-reactive ketones (excluding diaryl/α,β-unsaturated/α-hetero) is 1. The Kier molecular flexibility index (Phi) is 10.3. The second-order valence-corrected chi connectivity index (χ2v) is 6.72. The number of aliphatic hydroxyl groups is 1. The average Bonchev–Trinajstić information content (AvgIpc) is 2.89. The molecule has 1 rings (SSSR count). The maximum Gasteiger partial charge on any atom is 0.303 e. The minimum absolute atomic E-state index is 0.0137. The predicted molar refractivity (Wildman–Crippen MR) is 95.8 cm³/mol. The first-order valence-corrected chi connectivity index (χ1v) is 9.30. The Bertz CT molecular complexity index is 439. The lowest BCUT2D eigenvalue weighted by atomic mass is 9.91. The highest BCUT2D eigenvalue weighted by molar-refractivity contribution is 5.83. The molecular weight excluding hydrogens is 304 g/mol. The van der Waals surface area contributed by atoms with Crippen molar-refractivity contribution >= 4 is 11.8 Å². The maximum absolute atomic E-state index is 12.0. The Hall–Kier alpha value is -1.42.